The zero-order chi connectivity index (χ0) is 15.7. The Morgan fingerprint density at radius 1 is 1.14 bits per heavy atom. The monoisotopic (exact) mass is 302 g/mol. The Labute approximate surface area is 125 Å². The predicted octanol–water partition coefficient (Wildman–Crippen LogP) is 2.62. The second-order valence-corrected chi connectivity index (χ2v) is 4.97. The average Bonchev–Trinajstić information content (AvgIpc) is 2.89. The molecule has 0 spiro atoms. The number of carbonyl (C=O) groups excluding carboxylic acids is 2. The summed E-state index contributed by atoms with van der Waals surface area (Å²) in [5.74, 6) is -2.38. The van der Waals surface area contributed by atoms with Crippen molar-refractivity contribution in [1.82, 2.24) is 4.90 Å². The summed E-state index contributed by atoms with van der Waals surface area (Å²) in [5.41, 5.74) is 0.982. The van der Waals surface area contributed by atoms with Gasteiger partial charge in [-0.25, -0.2) is 8.78 Å². The molecular formula is C16H12F2N2O2. The lowest BCUT2D eigenvalue weighted by Crippen LogP contribution is -2.32. The summed E-state index contributed by atoms with van der Waals surface area (Å²) in [6, 6.07) is 9.51. The molecule has 112 valence electrons. The predicted molar refractivity (Wildman–Crippen MR) is 75.8 cm³/mol. The number of fused-ring (bicyclic) bond motifs is 1. The van der Waals surface area contributed by atoms with E-state index in [2.05, 4.69) is 5.32 Å². The highest BCUT2D eigenvalue weighted by molar-refractivity contribution is 5.97. The molecule has 22 heavy (non-hydrogen) atoms. The van der Waals surface area contributed by atoms with E-state index in [0.717, 1.165) is 17.7 Å². The third-order valence-corrected chi connectivity index (χ3v) is 3.63. The largest absolute Gasteiger partial charge is 0.325 e. The number of benzene rings is 2. The Morgan fingerprint density at radius 2 is 1.82 bits per heavy atom. The first-order valence-corrected chi connectivity index (χ1v) is 6.65. The quantitative estimate of drug-likeness (QED) is 0.886. The van der Waals surface area contributed by atoms with Gasteiger partial charge in [-0.2, -0.15) is 0 Å². The van der Waals surface area contributed by atoms with Gasteiger partial charge in [-0.1, -0.05) is 30.3 Å². The molecule has 2 aromatic rings. The van der Waals surface area contributed by atoms with Crippen LogP contribution in [0.5, 0.6) is 0 Å². The maximum absolute atomic E-state index is 13.6. The Morgan fingerprint density at radius 3 is 2.50 bits per heavy atom. The fraction of sp³-hybridized carbons (Fsp3) is 0.125. The number of rotatable bonds is 3. The summed E-state index contributed by atoms with van der Waals surface area (Å²) in [4.78, 5) is 24.9. The standard InChI is InChI=1S/C16H12F2N2O2/c17-12-6-3-7-13(18)14(12)19-16(22)15-11-5-2-1-4-10(11)8-20(15)9-21/h1-7,9,15H,8H2,(H,19,22). The first kappa shape index (κ1) is 14.2. The van der Waals surface area contributed by atoms with Gasteiger partial charge in [0.15, 0.2) is 0 Å². The van der Waals surface area contributed by atoms with Crippen LogP contribution in [0.3, 0.4) is 0 Å². The lowest BCUT2D eigenvalue weighted by Gasteiger charge is -2.20. The van der Waals surface area contributed by atoms with Gasteiger partial charge in [0.25, 0.3) is 5.91 Å². The molecule has 4 nitrogen and oxygen atoms in total. The summed E-state index contributed by atoms with van der Waals surface area (Å²) in [7, 11) is 0. The Bertz CT molecular complexity index is 728. The molecule has 0 radical (unpaired) electrons. The van der Waals surface area contributed by atoms with Crippen LogP contribution in [0, 0.1) is 11.6 Å². The van der Waals surface area contributed by atoms with E-state index in [0.29, 0.717) is 12.0 Å². The molecule has 0 saturated carbocycles. The maximum atomic E-state index is 13.6. The third-order valence-electron chi connectivity index (χ3n) is 3.63. The molecular weight excluding hydrogens is 290 g/mol. The molecule has 1 atom stereocenters. The van der Waals surface area contributed by atoms with Gasteiger partial charge in [0.05, 0.1) is 0 Å². The van der Waals surface area contributed by atoms with Crippen LogP contribution >= 0.6 is 0 Å². The normalized spacial score (nSPS) is 16.3. The van der Waals surface area contributed by atoms with Crippen LogP contribution in [0.4, 0.5) is 14.5 Å². The van der Waals surface area contributed by atoms with Crippen LogP contribution in [-0.2, 0) is 16.1 Å². The van der Waals surface area contributed by atoms with Crippen molar-refractivity contribution in [3.05, 3.63) is 65.2 Å². The van der Waals surface area contributed by atoms with E-state index in [1.165, 1.54) is 11.0 Å². The number of anilines is 1. The smallest absolute Gasteiger partial charge is 0.251 e. The topological polar surface area (TPSA) is 49.4 Å². The third kappa shape index (κ3) is 2.32. The number of carbonyl (C=O) groups is 2. The molecule has 0 fully saturated rings. The molecule has 3 rings (SSSR count). The van der Waals surface area contributed by atoms with E-state index in [1.54, 1.807) is 18.2 Å². The van der Waals surface area contributed by atoms with Crippen LogP contribution in [0.15, 0.2) is 42.5 Å². The van der Waals surface area contributed by atoms with E-state index in [-0.39, 0.29) is 6.54 Å². The van der Waals surface area contributed by atoms with Gasteiger partial charge in [0.2, 0.25) is 6.41 Å². The lowest BCUT2D eigenvalue weighted by atomic mass is 10.0. The number of para-hydroxylation sites is 1. The summed E-state index contributed by atoms with van der Waals surface area (Å²) in [6.45, 7) is 0.289. The molecule has 0 bridgehead atoms. The summed E-state index contributed by atoms with van der Waals surface area (Å²) >= 11 is 0. The Hall–Kier alpha value is -2.76. The van der Waals surface area contributed by atoms with E-state index < -0.39 is 29.3 Å². The van der Waals surface area contributed by atoms with Crippen molar-refractivity contribution >= 4 is 18.0 Å². The number of hydrogen-bond acceptors (Lipinski definition) is 2. The molecule has 2 amide bonds. The molecule has 0 aromatic heterocycles. The van der Waals surface area contributed by atoms with E-state index in [4.69, 9.17) is 0 Å². The fourth-order valence-corrected chi connectivity index (χ4v) is 2.61. The first-order valence-electron chi connectivity index (χ1n) is 6.65. The number of hydrogen-bond donors (Lipinski definition) is 1. The SMILES string of the molecule is O=CN1Cc2ccccc2C1C(=O)Nc1c(F)cccc1F. The number of nitrogens with one attached hydrogen (secondary N) is 1. The molecule has 1 heterocycles. The maximum Gasteiger partial charge on any atom is 0.251 e. The van der Waals surface area contributed by atoms with Crippen molar-refractivity contribution < 1.29 is 18.4 Å². The van der Waals surface area contributed by atoms with Crippen LogP contribution in [0.25, 0.3) is 0 Å². The molecule has 2 aromatic carbocycles. The van der Waals surface area contributed by atoms with Crippen molar-refractivity contribution in [3.8, 4) is 0 Å². The second kappa shape index (κ2) is 5.55. The number of nitrogens with zero attached hydrogens (tertiary/aromatic N) is 1. The van der Waals surface area contributed by atoms with Crippen LogP contribution in [0.1, 0.15) is 17.2 Å². The zero-order valence-electron chi connectivity index (χ0n) is 11.4. The van der Waals surface area contributed by atoms with Crippen molar-refractivity contribution in [2.45, 2.75) is 12.6 Å². The van der Waals surface area contributed by atoms with Gasteiger partial charge in [-0.15, -0.1) is 0 Å². The summed E-state index contributed by atoms with van der Waals surface area (Å²) < 4.78 is 27.3. The summed E-state index contributed by atoms with van der Waals surface area (Å²) in [5, 5.41) is 2.24. The second-order valence-electron chi connectivity index (χ2n) is 4.97. The fourth-order valence-electron chi connectivity index (χ4n) is 2.61. The van der Waals surface area contributed by atoms with Gasteiger partial charge >= 0.3 is 0 Å². The van der Waals surface area contributed by atoms with Crippen molar-refractivity contribution in [2.75, 3.05) is 5.32 Å². The number of amides is 2. The van der Waals surface area contributed by atoms with Crippen LogP contribution in [-0.4, -0.2) is 17.2 Å². The Kier molecular flexibility index (Phi) is 3.58. The van der Waals surface area contributed by atoms with E-state index >= 15 is 0 Å². The van der Waals surface area contributed by atoms with Crippen LogP contribution < -0.4 is 5.32 Å². The van der Waals surface area contributed by atoms with Gasteiger partial charge in [0.1, 0.15) is 23.4 Å². The van der Waals surface area contributed by atoms with Gasteiger partial charge in [-0.3, -0.25) is 9.59 Å². The molecule has 1 aliphatic rings. The lowest BCUT2D eigenvalue weighted by molar-refractivity contribution is -0.129. The molecule has 0 aliphatic carbocycles. The highest BCUT2D eigenvalue weighted by Gasteiger charge is 2.35. The van der Waals surface area contributed by atoms with Gasteiger partial charge in [-0.05, 0) is 23.3 Å². The van der Waals surface area contributed by atoms with E-state index in [9.17, 15) is 18.4 Å². The molecule has 1 unspecified atom stereocenters. The zero-order valence-corrected chi connectivity index (χ0v) is 11.4. The minimum Gasteiger partial charge on any atom is -0.325 e. The van der Waals surface area contributed by atoms with E-state index in [1.807, 2.05) is 6.07 Å². The minimum atomic E-state index is -0.896. The molecule has 1 aliphatic heterocycles. The molecule has 6 heteroatoms. The van der Waals surface area contributed by atoms with Crippen molar-refractivity contribution in [2.24, 2.45) is 0 Å². The van der Waals surface area contributed by atoms with Crippen LogP contribution in [0.2, 0.25) is 0 Å². The minimum absolute atomic E-state index is 0.289. The Balaban J connectivity index is 1.93. The van der Waals surface area contributed by atoms with Crippen molar-refractivity contribution in [1.29, 1.82) is 0 Å². The first-order chi connectivity index (χ1) is 10.6. The molecule has 1 N–H and O–H groups in total. The van der Waals surface area contributed by atoms with Gasteiger partial charge in [0, 0.05) is 6.54 Å². The highest BCUT2D eigenvalue weighted by Crippen LogP contribution is 2.33. The average molecular weight is 302 g/mol. The summed E-state index contributed by atoms with van der Waals surface area (Å²) in [6.07, 6.45) is 0.557. The van der Waals surface area contributed by atoms with Crippen molar-refractivity contribution in [3.63, 3.8) is 0 Å². The number of halogens is 2. The highest BCUT2D eigenvalue weighted by atomic mass is 19.1. The van der Waals surface area contributed by atoms with Gasteiger partial charge < -0.3 is 10.2 Å². The molecule has 0 saturated heterocycles.